The summed E-state index contributed by atoms with van der Waals surface area (Å²) in [6.07, 6.45) is 2.00. The second-order valence-electron chi connectivity index (χ2n) is 3.94. The van der Waals surface area contributed by atoms with E-state index in [1.807, 2.05) is 13.0 Å². The molecular formula is C11H17N3O2. The minimum absolute atomic E-state index is 0.0165. The fourth-order valence-electron chi connectivity index (χ4n) is 2.07. The number of hydrogen-bond donors (Lipinski definition) is 1. The number of fused-ring (bicyclic) bond motifs is 1. The highest BCUT2D eigenvalue weighted by atomic mass is 16.5. The Balaban J connectivity index is 2.27. The van der Waals surface area contributed by atoms with E-state index in [1.54, 1.807) is 7.05 Å². The zero-order valence-electron chi connectivity index (χ0n) is 9.69. The summed E-state index contributed by atoms with van der Waals surface area (Å²) >= 11 is 0. The van der Waals surface area contributed by atoms with E-state index >= 15 is 0 Å². The Hall–Kier alpha value is -1.20. The van der Waals surface area contributed by atoms with Crippen LogP contribution in [0.2, 0.25) is 0 Å². The van der Waals surface area contributed by atoms with Gasteiger partial charge in [-0.05, 0) is 6.92 Å². The lowest BCUT2D eigenvalue weighted by Gasteiger charge is -2.32. The number of carbonyl (C=O) groups is 1. The van der Waals surface area contributed by atoms with E-state index in [1.165, 1.54) is 0 Å². The topological polar surface area (TPSA) is 53.9 Å². The van der Waals surface area contributed by atoms with Crippen molar-refractivity contribution in [3.63, 3.8) is 0 Å². The van der Waals surface area contributed by atoms with Crippen molar-refractivity contribution in [2.45, 2.75) is 13.0 Å². The van der Waals surface area contributed by atoms with Crippen molar-refractivity contribution in [2.24, 2.45) is 4.99 Å². The summed E-state index contributed by atoms with van der Waals surface area (Å²) in [5.74, 6) is 0.666. The SMILES string of the molecule is C/C=C1/CN2CCOCC2C(=O)NC1=NC. The van der Waals surface area contributed by atoms with Crippen molar-refractivity contribution < 1.29 is 9.53 Å². The highest BCUT2D eigenvalue weighted by Gasteiger charge is 2.33. The van der Waals surface area contributed by atoms with Crippen LogP contribution in [0.15, 0.2) is 16.6 Å². The van der Waals surface area contributed by atoms with E-state index in [2.05, 4.69) is 15.2 Å². The first-order valence-corrected chi connectivity index (χ1v) is 5.51. The summed E-state index contributed by atoms with van der Waals surface area (Å²) < 4.78 is 5.34. The van der Waals surface area contributed by atoms with Gasteiger partial charge in [-0.2, -0.15) is 0 Å². The highest BCUT2D eigenvalue weighted by molar-refractivity contribution is 6.10. The summed E-state index contributed by atoms with van der Waals surface area (Å²) in [4.78, 5) is 18.2. The van der Waals surface area contributed by atoms with Gasteiger partial charge in [-0.1, -0.05) is 6.08 Å². The van der Waals surface area contributed by atoms with E-state index in [0.717, 1.165) is 18.7 Å². The Morgan fingerprint density at radius 3 is 3.12 bits per heavy atom. The Morgan fingerprint density at radius 2 is 2.44 bits per heavy atom. The van der Waals surface area contributed by atoms with Gasteiger partial charge in [-0.3, -0.25) is 14.7 Å². The number of hydrogen-bond acceptors (Lipinski definition) is 4. The van der Waals surface area contributed by atoms with Crippen molar-refractivity contribution in [1.29, 1.82) is 0 Å². The Kier molecular flexibility index (Phi) is 3.36. The lowest BCUT2D eigenvalue weighted by atomic mass is 10.2. The third kappa shape index (κ3) is 2.01. The predicted octanol–water partition coefficient (Wildman–Crippen LogP) is -0.208. The molecule has 2 fully saturated rings. The number of carbonyl (C=O) groups excluding carboxylic acids is 1. The second-order valence-corrected chi connectivity index (χ2v) is 3.94. The number of aliphatic imine (C=N–C) groups is 1. The van der Waals surface area contributed by atoms with Gasteiger partial charge in [0, 0.05) is 25.7 Å². The van der Waals surface area contributed by atoms with Crippen molar-refractivity contribution in [2.75, 3.05) is 33.4 Å². The quantitative estimate of drug-likeness (QED) is 0.618. The zero-order valence-corrected chi connectivity index (χ0v) is 9.69. The summed E-state index contributed by atoms with van der Waals surface area (Å²) in [7, 11) is 1.69. The van der Waals surface area contributed by atoms with Crippen LogP contribution in [0.5, 0.6) is 0 Å². The van der Waals surface area contributed by atoms with E-state index in [4.69, 9.17) is 4.74 Å². The molecule has 88 valence electrons. The maximum absolute atomic E-state index is 11.9. The first kappa shape index (κ1) is 11.3. The average molecular weight is 223 g/mol. The van der Waals surface area contributed by atoms with Crippen molar-refractivity contribution in [3.05, 3.63) is 11.6 Å². The smallest absolute Gasteiger partial charge is 0.245 e. The average Bonchev–Trinajstić information content (AvgIpc) is 2.46. The van der Waals surface area contributed by atoms with Crippen LogP contribution >= 0.6 is 0 Å². The Labute approximate surface area is 95.2 Å². The number of rotatable bonds is 0. The minimum Gasteiger partial charge on any atom is -0.378 e. The maximum Gasteiger partial charge on any atom is 0.245 e. The van der Waals surface area contributed by atoms with E-state index in [9.17, 15) is 4.79 Å². The van der Waals surface area contributed by atoms with Crippen LogP contribution in [0.1, 0.15) is 6.92 Å². The zero-order chi connectivity index (χ0) is 11.5. The summed E-state index contributed by atoms with van der Waals surface area (Å²) in [5, 5.41) is 2.85. The molecule has 2 aliphatic rings. The van der Waals surface area contributed by atoms with E-state index in [0.29, 0.717) is 19.0 Å². The van der Waals surface area contributed by atoms with Gasteiger partial charge < -0.3 is 10.1 Å². The van der Waals surface area contributed by atoms with Gasteiger partial charge in [0.2, 0.25) is 5.91 Å². The Bertz CT molecular complexity index is 349. The van der Waals surface area contributed by atoms with Gasteiger partial charge in [0.15, 0.2) is 0 Å². The molecule has 1 N–H and O–H groups in total. The van der Waals surface area contributed by atoms with Gasteiger partial charge in [0.05, 0.1) is 13.2 Å². The molecule has 5 heteroatoms. The van der Waals surface area contributed by atoms with Crippen LogP contribution in [0.3, 0.4) is 0 Å². The van der Waals surface area contributed by atoms with Gasteiger partial charge in [0.1, 0.15) is 11.9 Å². The van der Waals surface area contributed by atoms with Crippen LogP contribution in [-0.2, 0) is 9.53 Å². The molecule has 5 nitrogen and oxygen atoms in total. The Morgan fingerprint density at radius 1 is 1.62 bits per heavy atom. The molecule has 0 radical (unpaired) electrons. The number of amides is 1. The molecule has 2 aliphatic heterocycles. The van der Waals surface area contributed by atoms with Crippen LogP contribution in [-0.4, -0.2) is 56.0 Å². The number of nitrogens with one attached hydrogen (secondary N) is 1. The summed E-state index contributed by atoms with van der Waals surface area (Å²) in [5.41, 5.74) is 1.07. The molecule has 0 bridgehead atoms. The highest BCUT2D eigenvalue weighted by Crippen LogP contribution is 2.14. The van der Waals surface area contributed by atoms with Gasteiger partial charge in [0.25, 0.3) is 0 Å². The van der Waals surface area contributed by atoms with Crippen LogP contribution < -0.4 is 5.32 Å². The summed E-state index contributed by atoms with van der Waals surface area (Å²) in [6, 6.07) is -0.178. The number of allylic oxidation sites excluding steroid dienone is 1. The molecule has 2 heterocycles. The van der Waals surface area contributed by atoms with Crippen molar-refractivity contribution >= 4 is 11.7 Å². The molecule has 0 aromatic carbocycles. The molecule has 16 heavy (non-hydrogen) atoms. The number of ether oxygens (including phenoxy) is 1. The molecule has 1 atom stereocenters. The molecule has 0 spiro atoms. The molecule has 0 saturated carbocycles. The third-order valence-electron chi connectivity index (χ3n) is 3.03. The fraction of sp³-hybridized carbons (Fsp3) is 0.636. The van der Waals surface area contributed by atoms with Crippen LogP contribution in [0.25, 0.3) is 0 Å². The first-order valence-electron chi connectivity index (χ1n) is 5.51. The van der Waals surface area contributed by atoms with Crippen LogP contribution in [0, 0.1) is 0 Å². The maximum atomic E-state index is 11.9. The monoisotopic (exact) mass is 223 g/mol. The first-order chi connectivity index (χ1) is 7.76. The summed E-state index contributed by atoms with van der Waals surface area (Å²) in [6.45, 7) is 4.69. The van der Waals surface area contributed by atoms with Crippen molar-refractivity contribution in [3.8, 4) is 0 Å². The molecule has 0 aromatic heterocycles. The van der Waals surface area contributed by atoms with E-state index < -0.39 is 0 Å². The van der Waals surface area contributed by atoms with Gasteiger partial charge in [-0.15, -0.1) is 0 Å². The molecule has 1 unspecified atom stereocenters. The van der Waals surface area contributed by atoms with E-state index in [-0.39, 0.29) is 11.9 Å². The molecule has 0 aliphatic carbocycles. The molecule has 1 amide bonds. The third-order valence-corrected chi connectivity index (χ3v) is 3.03. The number of morpholine rings is 1. The predicted molar refractivity (Wildman–Crippen MR) is 61.4 cm³/mol. The lowest BCUT2D eigenvalue weighted by Crippen LogP contribution is -2.51. The molecule has 2 saturated heterocycles. The largest absolute Gasteiger partial charge is 0.378 e. The minimum atomic E-state index is -0.178. The van der Waals surface area contributed by atoms with Gasteiger partial charge in [-0.25, -0.2) is 0 Å². The van der Waals surface area contributed by atoms with Crippen LogP contribution in [0.4, 0.5) is 0 Å². The lowest BCUT2D eigenvalue weighted by molar-refractivity contribution is -0.130. The molecular weight excluding hydrogens is 206 g/mol. The van der Waals surface area contributed by atoms with Gasteiger partial charge >= 0.3 is 0 Å². The normalized spacial score (nSPS) is 32.4. The molecule has 0 aromatic rings. The van der Waals surface area contributed by atoms with Crippen molar-refractivity contribution in [1.82, 2.24) is 10.2 Å². The fourth-order valence-corrected chi connectivity index (χ4v) is 2.07. The number of amidine groups is 1. The standard InChI is InChI=1S/C11H17N3O2/c1-3-8-6-14-4-5-16-7-9(14)11(15)13-10(8)12-2/h3,9H,4-7H2,1-2H3,(H,12,13,15)/b8-3-. The number of nitrogens with zero attached hydrogens (tertiary/aromatic N) is 2. The molecule has 2 rings (SSSR count). The second kappa shape index (κ2) is 4.76.